The van der Waals surface area contributed by atoms with Gasteiger partial charge in [-0.3, -0.25) is 4.57 Å². The van der Waals surface area contributed by atoms with E-state index in [-0.39, 0.29) is 6.10 Å². The average molecular weight is 401 g/mol. The number of aliphatic hydroxyl groups excluding tert-OH is 1. The van der Waals surface area contributed by atoms with E-state index < -0.39 is 24.6 Å². The van der Waals surface area contributed by atoms with Gasteiger partial charge in [0.2, 0.25) is 5.88 Å². The highest BCUT2D eigenvalue weighted by Crippen LogP contribution is 2.41. The van der Waals surface area contributed by atoms with Crippen LogP contribution in [0.2, 0.25) is 0 Å². The maximum Gasteiger partial charge on any atom is 0.245 e. The minimum atomic E-state index is -1.19. The third-order valence-corrected chi connectivity index (χ3v) is 6.31. The van der Waals surface area contributed by atoms with Crippen LogP contribution in [0.25, 0.3) is 11.2 Å². The fraction of sp³-hybridized carbons (Fsp3) is 0.647. The normalized spacial score (nSPS) is 26.5. The number of aliphatic hydroxyl groups is 1. The van der Waals surface area contributed by atoms with Crippen molar-refractivity contribution in [2.45, 2.75) is 44.1 Å². The molecule has 0 aromatic carbocycles. The van der Waals surface area contributed by atoms with Crippen LogP contribution in [0.15, 0.2) is 6.33 Å². The molecule has 1 fully saturated rings. The Morgan fingerprint density at radius 2 is 2.15 bits per heavy atom. The maximum absolute atomic E-state index is 10.5. The van der Waals surface area contributed by atoms with Crippen molar-refractivity contribution in [3.05, 3.63) is 12.2 Å². The summed E-state index contributed by atoms with van der Waals surface area (Å²) < 4.78 is 13.4. The number of aromatic nitrogens is 4. The molecule has 0 aliphatic carbocycles. The summed E-state index contributed by atoms with van der Waals surface area (Å²) in [5.41, 5.74) is 1.15. The van der Waals surface area contributed by atoms with Crippen LogP contribution in [0.4, 0.5) is 0 Å². The number of fused-ring (bicyclic) bond motifs is 1. The molecule has 3 rings (SSSR count). The molecule has 1 aliphatic heterocycles. The lowest BCUT2D eigenvalue weighted by molar-refractivity contribution is -0.0176. The number of rotatable bonds is 6. The van der Waals surface area contributed by atoms with Crippen LogP contribution in [0.3, 0.4) is 0 Å². The predicted molar refractivity (Wildman–Crippen MR) is 106 cm³/mol. The first-order chi connectivity index (χ1) is 12.2. The maximum atomic E-state index is 10.5. The van der Waals surface area contributed by atoms with E-state index in [0.29, 0.717) is 29.5 Å². The molecule has 1 unspecified atom stereocenters. The third-order valence-electron chi connectivity index (χ3n) is 4.37. The van der Waals surface area contributed by atoms with Gasteiger partial charge in [-0.1, -0.05) is 0 Å². The summed E-state index contributed by atoms with van der Waals surface area (Å²) in [5, 5.41) is 9.94. The molecule has 0 radical (unpaired) electrons. The Morgan fingerprint density at radius 1 is 1.42 bits per heavy atom. The molecule has 9 heteroatoms. The number of hydrogen-bond donors (Lipinski definition) is 1. The van der Waals surface area contributed by atoms with Gasteiger partial charge in [-0.25, -0.2) is 9.97 Å². The summed E-state index contributed by atoms with van der Waals surface area (Å²) in [4.78, 5) is 13.2. The Bertz CT molecular complexity index is 837. The summed E-state index contributed by atoms with van der Waals surface area (Å²) in [6, 6.07) is 0. The van der Waals surface area contributed by atoms with E-state index in [1.807, 2.05) is 6.92 Å². The molecule has 1 saturated heterocycles. The fourth-order valence-corrected chi connectivity index (χ4v) is 4.36. The number of ether oxygens (including phenoxy) is 2. The van der Waals surface area contributed by atoms with Crippen molar-refractivity contribution in [3.63, 3.8) is 0 Å². The van der Waals surface area contributed by atoms with E-state index in [4.69, 9.17) is 21.1 Å². The first kappa shape index (κ1) is 19.6. The van der Waals surface area contributed by atoms with Gasteiger partial charge in [-0.15, -0.1) is 24.8 Å². The predicted octanol–water partition coefficient (Wildman–Crippen LogP) is 2.50. The Labute approximate surface area is 158 Å². The molecule has 4 atom stereocenters. The minimum Gasteiger partial charge on any atom is -0.476 e. The Hall–Kier alpha value is -1.14. The second-order valence-corrected chi connectivity index (χ2v) is 12.1. The average Bonchev–Trinajstić information content (AvgIpc) is 3.08. The summed E-state index contributed by atoms with van der Waals surface area (Å²) >= 11 is 6.50. The molecule has 0 bridgehead atoms. The third kappa shape index (κ3) is 3.91. The Balaban J connectivity index is 1.90. The topological polar surface area (TPSA) is 82.3 Å². The van der Waals surface area contributed by atoms with Crippen molar-refractivity contribution in [2.24, 2.45) is 0 Å². The second-order valence-electron chi connectivity index (χ2n) is 7.28. The molecule has 2 aromatic rings. The van der Waals surface area contributed by atoms with Gasteiger partial charge in [-0.2, -0.15) is 4.98 Å². The molecule has 2 aromatic heterocycles. The van der Waals surface area contributed by atoms with E-state index in [1.54, 1.807) is 17.8 Å². The van der Waals surface area contributed by atoms with E-state index >= 15 is 0 Å². The van der Waals surface area contributed by atoms with Crippen molar-refractivity contribution in [1.82, 2.24) is 19.5 Å². The van der Waals surface area contributed by atoms with E-state index in [0.717, 1.165) is 12.6 Å². The van der Waals surface area contributed by atoms with E-state index in [1.165, 1.54) is 0 Å². The van der Waals surface area contributed by atoms with Gasteiger partial charge in [-0.05, 0) is 39.8 Å². The SMILES string of the molecule is C=P(C)(C)CC[C@H]1OC(n2cnc3c(OCC)nc(C)nc32)[C@H](Cl)[C@@H]1O. The van der Waals surface area contributed by atoms with Crippen LogP contribution in [0, 0.1) is 6.92 Å². The molecule has 26 heavy (non-hydrogen) atoms. The molecule has 0 spiro atoms. The van der Waals surface area contributed by atoms with Crippen LogP contribution in [-0.2, 0) is 4.74 Å². The van der Waals surface area contributed by atoms with Crippen LogP contribution in [0.1, 0.15) is 25.4 Å². The molecule has 144 valence electrons. The Kier molecular flexibility index (Phi) is 5.63. The lowest BCUT2D eigenvalue weighted by Crippen LogP contribution is -2.28. The molecular formula is C17H26ClN4O3P. The van der Waals surface area contributed by atoms with Crippen molar-refractivity contribution in [2.75, 3.05) is 26.1 Å². The van der Waals surface area contributed by atoms with Crippen molar-refractivity contribution in [1.29, 1.82) is 0 Å². The van der Waals surface area contributed by atoms with Gasteiger partial charge in [0.25, 0.3) is 0 Å². The Morgan fingerprint density at radius 3 is 2.81 bits per heavy atom. The molecule has 1 aliphatic rings. The largest absolute Gasteiger partial charge is 0.476 e. The van der Waals surface area contributed by atoms with Gasteiger partial charge >= 0.3 is 0 Å². The van der Waals surface area contributed by atoms with Gasteiger partial charge in [0.1, 0.15) is 17.3 Å². The van der Waals surface area contributed by atoms with Crippen molar-refractivity contribution < 1.29 is 14.6 Å². The zero-order chi connectivity index (χ0) is 19.1. The molecular weight excluding hydrogens is 375 g/mol. The zero-order valence-corrected chi connectivity index (χ0v) is 17.2. The van der Waals surface area contributed by atoms with Gasteiger partial charge < -0.3 is 14.6 Å². The first-order valence-corrected chi connectivity index (χ1v) is 12.2. The lowest BCUT2D eigenvalue weighted by atomic mass is 10.1. The minimum absolute atomic E-state index is 0.324. The molecule has 7 nitrogen and oxygen atoms in total. The smallest absolute Gasteiger partial charge is 0.245 e. The van der Waals surface area contributed by atoms with Crippen LogP contribution >= 0.6 is 18.5 Å². The zero-order valence-electron chi connectivity index (χ0n) is 15.6. The van der Waals surface area contributed by atoms with E-state index in [9.17, 15) is 5.11 Å². The number of nitrogens with zero attached hydrogens (tertiary/aromatic N) is 4. The second kappa shape index (κ2) is 7.47. The summed E-state index contributed by atoms with van der Waals surface area (Å²) in [6.07, 6.45) is 5.89. The van der Waals surface area contributed by atoms with Crippen LogP contribution < -0.4 is 4.74 Å². The van der Waals surface area contributed by atoms with Crippen LogP contribution in [-0.4, -0.2) is 74.6 Å². The standard InChI is InChI=1S/C17H26ClN4O3P/c1-6-24-16-13-15(20-10(2)21-16)22(9-19-13)17-12(18)14(23)11(25-17)7-8-26(3,4)5/h9,11-12,14,17,23H,3,6-8H2,1-2,4-5H3/t11-,12-,14-,17?/m1/s1. The van der Waals surface area contributed by atoms with Crippen LogP contribution in [0.5, 0.6) is 5.88 Å². The number of aryl methyl sites for hydroxylation is 1. The first-order valence-electron chi connectivity index (χ1n) is 8.70. The summed E-state index contributed by atoms with van der Waals surface area (Å²) in [7, 11) is 0. The fourth-order valence-electron chi connectivity index (χ4n) is 3.06. The molecule has 1 N–H and O–H groups in total. The highest BCUT2D eigenvalue weighted by Gasteiger charge is 2.44. The lowest BCUT2D eigenvalue weighted by Gasteiger charge is -2.19. The monoisotopic (exact) mass is 400 g/mol. The number of halogens is 1. The molecule has 0 saturated carbocycles. The highest BCUT2D eigenvalue weighted by atomic mass is 35.5. The van der Waals surface area contributed by atoms with E-state index in [2.05, 4.69) is 34.6 Å². The number of imidazole rings is 1. The number of alkyl halides is 1. The number of hydrogen-bond acceptors (Lipinski definition) is 6. The van der Waals surface area contributed by atoms with Gasteiger partial charge in [0.05, 0.1) is 19.0 Å². The van der Waals surface area contributed by atoms with Gasteiger partial charge in [0, 0.05) is 0 Å². The van der Waals surface area contributed by atoms with Crippen molar-refractivity contribution in [3.8, 4) is 5.88 Å². The summed E-state index contributed by atoms with van der Waals surface area (Å²) in [6.45, 7) is 7.32. The van der Waals surface area contributed by atoms with Gasteiger partial charge in [0.15, 0.2) is 17.4 Å². The van der Waals surface area contributed by atoms with Crippen molar-refractivity contribution >= 4 is 36.0 Å². The summed E-state index contributed by atoms with van der Waals surface area (Å²) in [5.74, 6) is 1.02. The molecule has 0 amide bonds. The molecule has 3 heterocycles. The quantitative estimate of drug-likeness (QED) is 0.592. The highest BCUT2D eigenvalue weighted by molar-refractivity contribution is 7.72.